The fraction of sp³-hybridized carbons (Fsp3) is 0.562. The molecule has 126 valence electrons. The van der Waals surface area contributed by atoms with Crippen LogP contribution in [-0.2, 0) is 14.8 Å². The summed E-state index contributed by atoms with van der Waals surface area (Å²) in [5.74, 6) is -0.233. The van der Waals surface area contributed by atoms with Crippen LogP contribution in [0.1, 0.15) is 43.7 Å². The molecule has 0 radical (unpaired) electrons. The minimum atomic E-state index is -3.74. The topological polar surface area (TPSA) is 80.5 Å². The summed E-state index contributed by atoms with van der Waals surface area (Å²) >= 11 is 0. The van der Waals surface area contributed by atoms with Crippen LogP contribution in [0.5, 0.6) is 0 Å². The minimum Gasteiger partial charge on any atom is -0.334 e. The highest BCUT2D eigenvalue weighted by atomic mass is 32.2. The van der Waals surface area contributed by atoms with Crippen molar-refractivity contribution in [2.75, 3.05) is 6.54 Å². The predicted molar refractivity (Wildman–Crippen MR) is 84.3 cm³/mol. The van der Waals surface area contributed by atoms with Crippen molar-refractivity contribution in [2.24, 2.45) is 11.1 Å². The highest BCUT2D eigenvalue weighted by Gasteiger charge is 2.42. The Morgan fingerprint density at radius 3 is 2.30 bits per heavy atom. The number of hydrogen-bond acceptors (Lipinski definition) is 3. The van der Waals surface area contributed by atoms with Gasteiger partial charge in [-0.1, -0.05) is 25.0 Å². The molecule has 1 aromatic carbocycles. The molecule has 1 saturated heterocycles. The summed E-state index contributed by atoms with van der Waals surface area (Å²) in [4.78, 5) is 14.0. The van der Waals surface area contributed by atoms with E-state index in [1.165, 1.54) is 12.1 Å². The summed E-state index contributed by atoms with van der Waals surface area (Å²) in [6.07, 6.45) is 4.12. The van der Waals surface area contributed by atoms with Crippen LogP contribution < -0.4 is 5.14 Å². The lowest BCUT2D eigenvalue weighted by Gasteiger charge is -2.33. The van der Waals surface area contributed by atoms with Crippen molar-refractivity contribution < 1.29 is 17.6 Å². The van der Waals surface area contributed by atoms with Crippen molar-refractivity contribution in [3.8, 4) is 0 Å². The molecule has 2 fully saturated rings. The molecule has 0 spiro atoms. The number of primary sulfonamides is 1. The number of hydrogen-bond donors (Lipinski definition) is 1. The molecule has 23 heavy (non-hydrogen) atoms. The molecular weight excluding hydrogens is 319 g/mol. The lowest BCUT2D eigenvalue weighted by molar-refractivity contribution is -0.130. The first-order valence-electron chi connectivity index (χ1n) is 7.93. The highest BCUT2D eigenvalue weighted by molar-refractivity contribution is 7.89. The summed E-state index contributed by atoms with van der Waals surface area (Å²) in [7, 11) is -3.74. The molecule has 5 nitrogen and oxygen atoms in total. The molecule has 1 saturated carbocycles. The average molecular weight is 340 g/mol. The van der Waals surface area contributed by atoms with Gasteiger partial charge in [-0.05, 0) is 36.5 Å². The average Bonchev–Trinajstić information content (AvgIpc) is 3.12. The van der Waals surface area contributed by atoms with Gasteiger partial charge >= 0.3 is 0 Å². The lowest BCUT2D eigenvalue weighted by atomic mass is 9.90. The molecule has 2 unspecified atom stereocenters. The second-order valence-electron chi connectivity index (χ2n) is 6.50. The zero-order valence-corrected chi connectivity index (χ0v) is 13.6. The first-order valence-corrected chi connectivity index (χ1v) is 9.54. The van der Waals surface area contributed by atoms with Crippen molar-refractivity contribution in [3.05, 3.63) is 35.6 Å². The van der Waals surface area contributed by atoms with E-state index in [1.54, 1.807) is 17.0 Å². The largest absolute Gasteiger partial charge is 0.334 e. The molecular formula is C16H21FN2O3S. The van der Waals surface area contributed by atoms with Gasteiger partial charge in [-0.3, -0.25) is 4.79 Å². The van der Waals surface area contributed by atoms with Gasteiger partial charge in [0, 0.05) is 13.0 Å². The number of carbonyl (C=O) groups excluding carboxylic acids is 1. The van der Waals surface area contributed by atoms with Crippen molar-refractivity contribution >= 4 is 15.9 Å². The third-order valence-corrected chi connectivity index (χ3v) is 6.23. The zero-order chi connectivity index (χ0) is 16.6. The van der Waals surface area contributed by atoms with Crippen LogP contribution >= 0.6 is 0 Å². The van der Waals surface area contributed by atoms with Crippen LogP contribution in [0.3, 0.4) is 0 Å². The molecule has 1 aliphatic carbocycles. The molecule has 2 atom stereocenters. The van der Waals surface area contributed by atoms with E-state index in [0.29, 0.717) is 0 Å². The van der Waals surface area contributed by atoms with Crippen LogP contribution in [0.4, 0.5) is 4.39 Å². The maximum Gasteiger partial charge on any atom is 0.224 e. The van der Waals surface area contributed by atoms with Gasteiger partial charge in [-0.2, -0.15) is 0 Å². The number of halogens is 1. The van der Waals surface area contributed by atoms with E-state index in [4.69, 9.17) is 5.14 Å². The van der Waals surface area contributed by atoms with E-state index in [9.17, 15) is 17.6 Å². The Labute approximate surface area is 135 Å². The summed E-state index contributed by atoms with van der Waals surface area (Å²) in [5, 5.41) is 4.37. The van der Waals surface area contributed by atoms with Crippen molar-refractivity contribution in [1.29, 1.82) is 0 Å². The Morgan fingerprint density at radius 2 is 1.78 bits per heavy atom. The number of benzene rings is 1. The number of likely N-dealkylation sites (tertiary alicyclic amines) is 1. The molecule has 1 amide bonds. The van der Waals surface area contributed by atoms with Crippen molar-refractivity contribution in [2.45, 2.75) is 43.4 Å². The Hall–Kier alpha value is -1.47. The standard InChI is InChI=1S/C16H21FN2O3S/c17-13-7-5-12(6-8-13)16(11-3-1-2-4-11)19-10-14(9-15(19)20)23(18,21)22/h5-8,11,14,16H,1-4,9-10H2,(H2,18,21,22). The van der Waals surface area contributed by atoms with Gasteiger partial charge in [0.25, 0.3) is 0 Å². The molecule has 0 bridgehead atoms. The molecule has 1 aliphatic heterocycles. The van der Waals surface area contributed by atoms with E-state index >= 15 is 0 Å². The van der Waals surface area contributed by atoms with Crippen molar-refractivity contribution in [3.63, 3.8) is 0 Å². The third kappa shape index (κ3) is 3.40. The first kappa shape index (κ1) is 16.4. The molecule has 1 aromatic rings. The van der Waals surface area contributed by atoms with Crippen LogP contribution in [0, 0.1) is 11.7 Å². The third-order valence-electron chi connectivity index (χ3n) is 4.98. The Bertz CT molecular complexity index is 684. The second-order valence-corrected chi connectivity index (χ2v) is 8.35. The fourth-order valence-electron chi connectivity index (χ4n) is 3.83. The van der Waals surface area contributed by atoms with Crippen LogP contribution in [0.25, 0.3) is 0 Å². The Morgan fingerprint density at radius 1 is 1.17 bits per heavy atom. The first-order chi connectivity index (χ1) is 10.9. The Kier molecular flexibility index (Phi) is 4.42. The molecule has 1 heterocycles. The number of nitrogens with two attached hydrogens (primary N) is 1. The van der Waals surface area contributed by atoms with Crippen LogP contribution in [-0.4, -0.2) is 31.0 Å². The summed E-state index contributed by atoms with van der Waals surface area (Å²) < 4.78 is 36.4. The van der Waals surface area contributed by atoms with Gasteiger partial charge < -0.3 is 4.90 Å². The summed E-state index contributed by atoms with van der Waals surface area (Å²) in [6.45, 7) is 0.121. The predicted octanol–water partition coefficient (Wildman–Crippen LogP) is 1.95. The quantitative estimate of drug-likeness (QED) is 0.909. The zero-order valence-electron chi connectivity index (χ0n) is 12.8. The van der Waals surface area contributed by atoms with Gasteiger partial charge in [-0.15, -0.1) is 0 Å². The molecule has 7 heteroatoms. The second kappa shape index (κ2) is 6.20. The summed E-state index contributed by atoms with van der Waals surface area (Å²) in [5.41, 5.74) is 0.863. The highest BCUT2D eigenvalue weighted by Crippen LogP contribution is 2.41. The van der Waals surface area contributed by atoms with Crippen LogP contribution in [0.2, 0.25) is 0 Å². The summed E-state index contributed by atoms with van der Waals surface area (Å²) in [6, 6.07) is 5.95. The SMILES string of the molecule is NS(=O)(=O)C1CC(=O)N(C(c2ccc(F)cc2)C2CCCC2)C1. The normalized spacial score (nSPS) is 24.3. The van der Waals surface area contributed by atoms with E-state index in [2.05, 4.69) is 0 Å². The number of rotatable bonds is 4. The maximum atomic E-state index is 13.2. The van der Waals surface area contributed by atoms with Gasteiger partial charge in [0.1, 0.15) is 11.1 Å². The van der Waals surface area contributed by atoms with Gasteiger partial charge in [-0.25, -0.2) is 17.9 Å². The van der Waals surface area contributed by atoms with E-state index in [1.807, 2.05) is 0 Å². The van der Waals surface area contributed by atoms with E-state index < -0.39 is 15.3 Å². The van der Waals surface area contributed by atoms with Crippen molar-refractivity contribution in [1.82, 2.24) is 4.90 Å². The Balaban J connectivity index is 1.92. The monoisotopic (exact) mass is 340 g/mol. The van der Waals surface area contributed by atoms with Gasteiger partial charge in [0.2, 0.25) is 15.9 Å². The molecule has 2 N–H and O–H groups in total. The molecule has 0 aromatic heterocycles. The number of amides is 1. The minimum absolute atomic E-state index is 0.0662. The maximum absolute atomic E-state index is 13.2. The molecule has 3 rings (SSSR count). The number of carbonyl (C=O) groups is 1. The fourth-order valence-corrected chi connectivity index (χ4v) is 4.57. The van der Waals surface area contributed by atoms with Crippen LogP contribution in [0.15, 0.2) is 24.3 Å². The number of sulfonamides is 1. The molecule has 2 aliphatic rings. The van der Waals surface area contributed by atoms with Gasteiger partial charge in [0.15, 0.2) is 0 Å². The number of nitrogens with zero attached hydrogens (tertiary/aromatic N) is 1. The van der Waals surface area contributed by atoms with E-state index in [0.717, 1.165) is 31.2 Å². The smallest absolute Gasteiger partial charge is 0.224 e. The lowest BCUT2D eigenvalue weighted by Crippen LogP contribution is -2.37. The van der Waals surface area contributed by atoms with E-state index in [-0.39, 0.29) is 36.6 Å². The van der Waals surface area contributed by atoms with Gasteiger partial charge in [0.05, 0.1) is 6.04 Å².